The molecule has 0 amide bonds. The van der Waals surface area contributed by atoms with Gasteiger partial charge < -0.3 is 10.6 Å². The first-order valence-corrected chi connectivity index (χ1v) is 6.41. The van der Waals surface area contributed by atoms with Crippen molar-refractivity contribution < 1.29 is 4.79 Å². The lowest BCUT2D eigenvalue weighted by atomic mass is 10.1. The number of hydrogen-bond donors (Lipinski definition) is 1. The van der Waals surface area contributed by atoms with Crippen LogP contribution in [0.1, 0.15) is 15.9 Å². The van der Waals surface area contributed by atoms with Crippen molar-refractivity contribution in [3.63, 3.8) is 0 Å². The number of nitrogen functional groups attached to an aromatic ring is 1. The molecule has 2 rings (SSSR count). The Balaban J connectivity index is 2.09. The van der Waals surface area contributed by atoms with E-state index in [9.17, 15) is 4.79 Å². The predicted molar refractivity (Wildman–Crippen MR) is 85.0 cm³/mol. The van der Waals surface area contributed by atoms with E-state index >= 15 is 0 Å². The Morgan fingerprint density at radius 3 is 2.15 bits per heavy atom. The van der Waals surface area contributed by atoms with Crippen molar-refractivity contribution in [3.8, 4) is 0 Å². The van der Waals surface area contributed by atoms with Crippen LogP contribution in [0.15, 0.2) is 54.6 Å². The highest BCUT2D eigenvalue weighted by atomic mass is 16.1. The summed E-state index contributed by atoms with van der Waals surface area (Å²) in [6.45, 7) is 0. The van der Waals surface area contributed by atoms with Crippen molar-refractivity contribution >= 4 is 23.2 Å². The standard InChI is InChI=1S/C17H18N2O/c1-19(2)16-10-6-14(7-11-16)17(20)12-5-13-3-8-15(18)9-4-13/h3-12H,18H2,1-2H3/b12-5+. The van der Waals surface area contributed by atoms with E-state index in [2.05, 4.69) is 0 Å². The zero-order valence-corrected chi connectivity index (χ0v) is 11.7. The summed E-state index contributed by atoms with van der Waals surface area (Å²) >= 11 is 0. The van der Waals surface area contributed by atoms with Gasteiger partial charge in [-0.3, -0.25) is 4.79 Å². The van der Waals surface area contributed by atoms with Crippen molar-refractivity contribution in [2.45, 2.75) is 0 Å². The Kier molecular flexibility index (Phi) is 4.20. The molecule has 0 saturated heterocycles. The molecule has 102 valence electrons. The highest BCUT2D eigenvalue weighted by molar-refractivity contribution is 6.06. The molecule has 0 aliphatic rings. The fourth-order valence-corrected chi connectivity index (χ4v) is 1.80. The molecule has 0 aromatic heterocycles. The number of benzene rings is 2. The minimum atomic E-state index is -0.00729. The summed E-state index contributed by atoms with van der Waals surface area (Å²) in [5.41, 5.74) is 9.04. The Bertz CT molecular complexity index is 610. The van der Waals surface area contributed by atoms with Crippen molar-refractivity contribution in [1.82, 2.24) is 0 Å². The molecule has 0 bridgehead atoms. The third-order valence-corrected chi connectivity index (χ3v) is 3.03. The van der Waals surface area contributed by atoms with Crippen molar-refractivity contribution in [1.29, 1.82) is 0 Å². The maximum atomic E-state index is 12.0. The topological polar surface area (TPSA) is 46.3 Å². The van der Waals surface area contributed by atoms with Crippen LogP contribution >= 0.6 is 0 Å². The molecule has 0 heterocycles. The van der Waals surface area contributed by atoms with Crippen molar-refractivity contribution in [2.24, 2.45) is 0 Å². The SMILES string of the molecule is CN(C)c1ccc(C(=O)/C=C/c2ccc(N)cc2)cc1. The lowest BCUT2D eigenvalue weighted by Gasteiger charge is -2.11. The largest absolute Gasteiger partial charge is 0.399 e. The molecule has 3 nitrogen and oxygen atoms in total. The molecule has 0 aliphatic carbocycles. The van der Waals surface area contributed by atoms with Crippen LogP contribution in [0, 0.1) is 0 Å². The summed E-state index contributed by atoms with van der Waals surface area (Å²) in [5, 5.41) is 0. The van der Waals surface area contributed by atoms with E-state index in [1.165, 1.54) is 0 Å². The van der Waals surface area contributed by atoms with Gasteiger partial charge in [0, 0.05) is 31.0 Å². The van der Waals surface area contributed by atoms with Crippen LogP contribution in [-0.4, -0.2) is 19.9 Å². The Hall–Kier alpha value is -2.55. The Morgan fingerprint density at radius 1 is 1.00 bits per heavy atom. The zero-order chi connectivity index (χ0) is 14.5. The van der Waals surface area contributed by atoms with Gasteiger partial charge in [0.2, 0.25) is 0 Å². The van der Waals surface area contributed by atoms with Crippen molar-refractivity contribution in [2.75, 3.05) is 24.7 Å². The summed E-state index contributed by atoms with van der Waals surface area (Å²) < 4.78 is 0. The van der Waals surface area contributed by atoms with Gasteiger partial charge in [0.15, 0.2) is 5.78 Å². The van der Waals surface area contributed by atoms with Gasteiger partial charge in [0.1, 0.15) is 0 Å². The first-order chi connectivity index (χ1) is 9.56. The van der Waals surface area contributed by atoms with Crippen LogP contribution in [0.3, 0.4) is 0 Å². The summed E-state index contributed by atoms with van der Waals surface area (Å²) in [6, 6.07) is 14.9. The van der Waals surface area contributed by atoms with E-state index < -0.39 is 0 Å². The molecule has 0 radical (unpaired) electrons. The van der Waals surface area contributed by atoms with Gasteiger partial charge in [-0.1, -0.05) is 18.2 Å². The smallest absolute Gasteiger partial charge is 0.185 e. The van der Waals surface area contributed by atoms with Crippen LogP contribution < -0.4 is 10.6 Å². The molecule has 0 spiro atoms. The number of allylic oxidation sites excluding steroid dienone is 1. The fourth-order valence-electron chi connectivity index (χ4n) is 1.80. The Morgan fingerprint density at radius 2 is 1.60 bits per heavy atom. The Labute approximate surface area is 119 Å². The second-order valence-electron chi connectivity index (χ2n) is 4.81. The average molecular weight is 266 g/mol. The molecule has 0 unspecified atom stereocenters. The molecule has 2 aromatic carbocycles. The summed E-state index contributed by atoms with van der Waals surface area (Å²) in [4.78, 5) is 14.0. The molecule has 0 saturated carbocycles. The molecule has 2 N–H and O–H groups in total. The van der Waals surface area contributed by atoms with E-state index in [-0.39, 0.29) is 5.78 Å². The van der Waals surface area contributed by atoms with E-state index in [0.717, 1.165) is 11.3 Å². The van der Waals surface area contributed by atoms with Gasteiger partial charge in [0.05, 0.1) is 0 Å². The quantitative estimate of drug-likeness (QED) is 0.525. The number of rotatable bonds is 4. The molecule has 3 heteroatoms. The lowest BCUT2D eigenvalue weighted by molar-refractivity contribution is 0.104. The number of nitrogens with two attached hydrogens (primary N) is 1. The van der Waals surface area contributed by atoms with Crippen LogP contribution in [-0.2, 0) is 0 Å². The van der Waals surface area contributed by atoms with E-state index in [1.807, 2.05) is 67.5 Å². The maximum Gasteiger partial charge on any atom is 0.185 e. The van der Waals surface area contributed by atoms with Gasteiger partial charge in [-0.15, -0.1) is 0 Å². The zero-order valence-electron chi connectivity index (χ0n) is 11.7. The number of carbonyl (C=O) groups excluding carboxylic acids is 1. The molecule has 0 aliphatic heterocycles. The van der Waals surface area contributed by atoms with Gasteiger partial charge in [-0.25, -0.2) is 0 Å². The first kappa shape index (κ1) is 13.9. The monoisotopic (exact) mass is 266 g/mol. The molecule has 20 heavy (non-hydrogen) atoms. The van der Waals surface area contributed by atoms with Crippen LogP contribution in [0.25, 0.3) is 6.08 Å². The molecular weight excluding hydrogens is 248 g/mol. The summed E-state index contributed by atoms with van der Waals surface area (Å²) in [7, 11) is 3.94. The van der Waals surface area contributed by atoms with Gasteiger partial charge in [-0.2, -0.15) is 0 Å². The molecule has 0 atom stereocenters. The second kappa shape index (κ2) is 6.06. The normalized spacial score (nSPS) is 10.7. The van der Waals surface area contributed by atoms with E-state index in [4.69, 9.17) is 5.73 Å². The number of nitrogens with zero attached hydrogens (tertiary/aromatic N) is 1. The average Bonchev–Trinajstić information content (AvgIpc) is 2.46. The summed E-state index contributed by atoms with van der Waals surface area (Å²) in [5.74, 6) is -0.00729. The van der Waals surface area contributed by atoms with Crippen LogP contribution in [0.4, 0.5) is 11.4 Å². The molecule has 2 aromatic rings. The third-order valence-electron chi connectivity index (χ3n) is 3.03. The van der Waals surface area contributed by atoms with Gasteiger partial charge >= 0.3 is 0 Å². The highest BCUT2D eigenvalue weighted by Crippen LogP contribution is 2.14. The molecular formula is C17H18N2O. The third kappa shape index (κ3) is 3.48. The van der Waals surface area contributed by atoms with Gasteiger partial charge in [0.25, 0.3) is 0 Å². The van der Waals surface area contributed by atoms with Crippen molar-refractivity contribution in [3.05, 3.63) is 65.7 Å². The van der Waals surface area contributed by atoms with E-state index in [1.54, 1.807) is 12.2 Å². The predicted octanol–water partition coefficient (Wildman–Crippen LogP) is 3.23. The van der Waals surface area contributed by atoms with Crippen LogP contribution in [0.2, 0.25) is 0 Å². The minimum Gasteiger partial charge on any atom is -0.399 e. The number of anilines is 2. The molecule has 0 fully saturated rings. The number of carbonyl (C=O) groups is 1. The van der Waals surface area contributed by atoms with Gasteiger partial charge in [-0.05, 0) is 48.0 Å². The number of hydrogen-bond acceptors (Lipinski definition) is 3. The lowest BCUT2D eigenvalue weighted by Crippen LogP contribution is -2.08. The van der Waals surface area contributed by atoms with Crippen LogP contribution in [0.5, 0.6) is 0 Å². The number of ketones is 1. The second-order valence-corrected chi connectivity index (χ2v) is 4.81. The first-order valence-electron chi connectivity index (χ1n) is 6.41. The maximum absolute atomic E-state index is 12.0. The summed E-state index contributed by atoms with van der Waals surface area (Å²) in [6.07, 6.45) is 3.37. The minimum absolute atomic E-state index is 0.00729. The fraction of sp³-hybridized carbons (Fsp3) is 0.118. The highest BCUT2D eigenvalue weighted by Gasteiger charge is 2.02. The van der Waals surface area contributed by atoms with E-state index in [0.29, 0.717) is 11.3 Å².